The number of hydrogen-bond donors (Lipinski definition) is 1. The molecule has 1 heterocycles. The molecule has 1 N–H and O–H groups in total. The van der Waals surface area contributed by atoms with Crippen LogP contribution in [-0.2, 0) is 4.74 Å². The summed E-state index contributed by atoms with van der Waals surface area (Å²) < 4.78 is 4.77. The highest BCUT2D eigenvalue weighted by molar-refractivity contribution is 5.90. The van der Waals surface area contributed by atoms with E-state index in [-0.39, 0.29) is 5.56 Å². The molecule has 1 aromatic heterocycles. The van der Waals surface area contributed by atoms with Crippen molar-refractivity contribution in [2.75, 3.05) is 6.61 Å². The van der Waals surface area contributed by atoms with Gasteiger partial charge >= 0.3 is 5.97 Å². The lowest BCUT2D eigenvalue weighted by molar-refractivity contribution is 0.0525. The number of rotatable bonds is 2. The summed E-state index contributed by atoms with van der Waals surface area (Å²) in [6.45, 7) is 3.77. The zero-order valence-electron chi connectivity index (χ0n) is 7.59. The first-order valence-electron chi connectivity index (χ1n) is 4.01. The molecule has 0 aliphatic carbocycles. The molecule has 0 saturated carbocycles. The summed E-state index contributed by atoms with van der Waals surface area (Å²) in [6, 6.07) is 1.24. The van der Waals surface area contributed by atoms with E-state index >= 15 is 0 Å². The quantitative estimate of drug-likeness (QED) is 0.688. The van der Waals surface area contributed by atoms with E-state index in [1.807, 2.05) is 0 Å². The standard InChI is InChI=1S/C9H11NO3/c1-3-13-9(12)7-4-8(11)10-5-6(7)2/h4-5H,3H2,1-2H3,(H,10,11). The number of H-pyrrole nitrogens is 1. The van der Waals surface area contributed by atoms with Gasteiger partial charge < -0.3 is 9.72 Å². The monoisotopic (exact) mass is 181 g/mol. The minimum absolute atomic E-state index is 0.298. The van der Waals surface area contributed by atoms with Gasteiger partial charge in [0.1, 0.15) is 0 Å². The fourth-order valence-electron chi connectivity index (χ4n) is 0.972. The third-order valence-electron chi connectivity index (χ3n) is 1.63. The maximum absolute atomic E-state index is 11.2. The van der Waals surface area contributed by atoms with Gasteiger partial charge in [0.05, 0.1) is 12.2 Å². The fourth-order valence-corrected chi connectivity index (χ4v) is 0.972. The third-order valence-corrected chi connectivity index (χ3v) is 1.63. The Hall–Kier alpha value is -1.58. The van der Waals surface area contributed by atoms with E-state index in [0.29, 0.717) is 17.7 Å². The predicted octanol–water partition coefficient (Wildman–Crippen LogP) is 0.860. The van der Waals surface area contributed by atoms with Crippen molar-refractivity contribution < 1.29 is 9.53 Å². The van der Waals surface area contributed by atoms with Crippen molar-refractivity contribution in [3.8, 4) is 0 Å². The number of nitrogens with one attached hydrogen (secondary N) is 1. The Labute approximate surface area is 75.5 Å². The molecule has 0 spiro atoms. The zero-order valence-corrected chi connectivity index (χ0v) is 7.59. The number of carbonyl (C=O) groups is 1. The van der Waals surface area contributed by atoms with Crippen molar-refractivity contribution in [3.05, 3.63) is 33.7 Å². The van der Waals surface area contributed by atoms with Crippen LogP contribution >= 0.6 is 0 Å². The normalized spacial score (nSPS) is 9.69. The molecule has 0 bridgehead atoms. The van der Waals surface area contributed by atoms with Gasteiger partial charge in [-0.1, -0.05) is 0 Å². The van der Waals surface area contributed by atoms with E-state index in [1.54, 1.807) is 13.8 Å². The molecule has 0 unspecified atom stereocenters. The summed E-state index contributed by atoms with van der Waals surface area (Å²) in [4.78, 5) is 24.6. The van der Waals surface area contributed by atoms with Gasteiger partial charge in [0.15, 0.2) is 0 Å². The van der Waals surface area contributed by atoms with Crippen LogP contribution in [0.25, 0.3) is 0 Å². The van der Waals surface area contributed by atoms with E-state index in [2.05, 4.69) is 4.98 Å². The molecule has 1 aromatic rings. The number of aryl methyl sites for hydroxylation is 1. The Balaban J connectivity index is 3.06. The number of esters is 1. The molecule has 0 radical (unpaired) electrons. The molecule has 70 valence electrons. The first-order valence-corrected chi connectivity index (χ1v) is 4.01. The predicted molar refractivity (Wildman–Crippen MR) is 47.8 cm³/mol. The second-order valence-corrected chi connectivity index (χ2v) is 2.61. The van der Waals surface area contributed by atoms with Crippen LogP contribution in [0.15, 0.2) is 17.1 Å². The largest absolute Gasteiger partial charge is 0.462 e. The minimum Gasteiger partial charge on any atom is -0.462 e. The molecule has 0 atom stereocenters. The lowest BCUT2D eigenvalue weighted by Gasteiger charge is -2.03. The highest BCUT2D eigenvalue weighted by Gasteiger charge is 2.09. The molecule has 4 nitrogen and oxygen atoms in total. The summed E-state index contributed by atoms with van der Waals surface area (Å²) in [7, 11) is 0. The Bertz CT molecular complexity index is 367. The van der Waals surface area contributed by atoms with Gasteiger partial charge in [0.2, 0.25) is 5.56 Å². The lowest BCUT2D eigenvalue weighted by atomic mass is 10.2. The maximum Gasteiger partial charge on any atom is 0.338 e. The molecule has 0 aliphatic rings. The van der Waals surface area contributed by atoms with Gasteiger partial charge in [-0.2, -0.15) is 0 Å². The van der Waals surface area contributed by atoms with Crippen molar-refractivity contribution in [2.24, 2.45) is 0 Å². The van der Waals surface area contributed by atoms with Crippen LogP contribution < -0.4 is 5.56 Å². The van der Waals surface area contributed by atoms with Gasteiger partial charge in [-0.05, 0) is 19.4 Å². The van der Waals surface area contributed by atoms with E-state index in [9.17, 15) is 9.59 Å². The molecule has 0 aromatic carbocycles. The van der Waals surface area contributed by atoms with Crippen LogP contribution in [0.5, 0.6) is 0 Å². The number of hydrogen-bond acceptors (Lipinski definition) is 3. The molecule has 0 aliphatic heterocycles. The molecule has 1 rings (SSSR count). The summed E-state index contributed by atoms with van der Waals surface area (Å²) >= 11 is 0. The topological polar surface area (TPSA) is 59.2 Å². The first-order chi connectivity index (χ1) is 6.15. The lowest BCUT2D eigenvalue weighted by Crippen LogP contribution is -2.13. The molecule has 0 saturated heterocycles. The smallest absolute Gasteiger partial charge is 0.338 e. The molecule has 0 amide bonds. The second kappa shape index (κ2) is 3.89. The molecular formula is C9H11NO3. The minimum atomic E-state index is -0.453. The van der Waals surface area contributed by atoms with Crippen molar-refractivity contribution in [2.45, 2.75) is 13.8 Å². The van der Waals surface area contributed by atoms with Crippen LogP contribution in [-0.4, -0.2) is 17.6 Å². The second-order valence-electron chi connectivity index (χ2n) is 2.61. The Kier molecular flexibility index (Phi) is 2.84. The Morgan fingerprint density at radius 2 is 2.31 bits per heavy atom. The SMILES string of the molecule is CCOC(=O)c1cc(=O)[nH]cc1C. The van der Waals surface area contributed by atoms with Crippen LogP contribution in [0.3, 0.4) is 0 Å². The summed E-state index contributed by atoms with van der Waals surface area (Å²) in [6.07, 6.45) is 1.49. The Morgan fingerprint density at radius 1 is 1.62 bits per heavy atom. The number of carbonyl (C=O) groups excluding carboxylic acids is 1. The fraction of sp³-hybridized carbons (Fsp3) is 0.333. The van der Waals surface area contributed by atoms with Gasteiger partial charge in [0, 0.05) is 12.3 Å². The highest BCUT2D eigenvalue weighted by atomic mass is 16.5. The van der Waals surface area contributed by atoms with Crippen LogP contribution in [0.4, 0.5) is 0 Å². The number of ether oxygens (including phenoxy) is 1. The third kappa shape index (κ3) is 2.18. The maximum atomic E-state index is 11.2. The number of pyridine rings is 1. The van der Waals surface area contributed by atoms with Crippen molar-refractivity contribution in [1.29, 1.82) is 0 Å². The average Bonchev–Trinajstić information content (AvgIpc) is 2.09. The summed E-state index contributed by atoms with van der Waals surface area (Å²) in [5.74, 6) is -0.453. The molecule has 4 heteroatoms. The van der Waals surface area contributed by atoms with Gasteiger partial charge in [-0.25, -0.2) is 4.79 Å². The van der Waals surface area contributed by atoms with Gasteiger partial charge in [-0.15, -0.1) is 0 Å². The van der Waals surface area contributed by atoms with Crippen molar-refractivity contribution in [1.82, 2.24) is 4.98 Å². The van der Waals surface area contributed by atoms with E-state index in [1.165, 1.54) is 12.3 Å². The van der Waals surface area contributed by atoms with E-state index in [0.717, 1.165) is 0 Å². The van der Waals surface area contributed by atoms with Crippen LogP contribution in [0.1, 0.15) is 22.8 Å². The zero-order chi connectivity index (χ0) is 9.84. The van der Waals surface area contributed by atoms with Crippen LogP contribution in [0.2, 0.25) is 0 Å². The van der Waals surface area contributed by atoms with Crippen LogP contribution in [0, 0.1) is 6.92 Å². The molecular weight excluding hydrogens is 170 g/mol. The average molecular weight is 181 g/mol. The first kappa shape index (κ1) is 9.51. The van der Waals surface area contributed by atoms with E-state index < -0.39 is 5.97 Å². The summed E-state index contributed by atoms with van der Waals surface area (Å²) in [5.41, 5.74) is 0.734. The van der Waals surface area contributed by atoms with Gasteiger partial charge in [-0.3, -0.25) is 4.79 Å². The Morgan fingerprint density at radius 3 is 2.92 bits per heavy atom. The van der Waals surface area contributed by atoms with Crippen molar-refractivity contribution >= 4 is 5.97 Å². The molecule has 13 heavy (non-hydrogen) atoms. The number of aromatic nitrogens is 1. The summed E-state index contributed by atoms with van der Waals surface area (Å²) in [5, 5.41) is 0. The van der Waals surface area contributed by atoms with Crippen molar-refractivity contribution in [3.63, 3.8) is 0 Å². The number of aromatic amines is 1. The molecule has 0 fully saturated rings. The van der Waals surface area contributed by atoms with E-state index in [4.69, 9.17) is 4.74 Å². The highest BCUT2D eigenvalue weighted by Crippen LogP contribution is 2.04. The van der Waals surface area contributed by atoms with Gasteiger partial charge in [0.25, 0.3) is 0 Å².